The number of aryl methyl sites for hydroxylation is 1. The van der Waals surface area contributed by atoms with Crippen LogP contribution in [0, 0.1) is 0 Å². The van der Waals surface area contributed by atoms with Crippen LogP contribution < -0.4 is 5.32 Å². The van der Waals surface area contributed by atoms with Crippen molar-refractivity contribution in [3.8, 4) is 0 Å². The van der Waals surface area contributed by atoms with E-state index in [0.29, 0.717) is 17.2 Å². The van der Waals surface area contributed by atoms with Crippen LogP contribution in [-0.2, 0) is 32.8 Å². The molecule has 1 saturated heterocycles. The molecular formula is C20H20FN7O4. The first kappa shape index (κ1) is 21.5. The van der Waals surface area contributed by atoms with E-state index in [1.165, 1.54) is 4.68 Å². The highest BCUT2D eigenvalue weighted by Gasteiger charge is 2.28. The fourth-order valence-electron chi connectivity index (χ4n) is 2.86. The normalized spacial score (nSPS) is 18.9. The number of alkyl halides is 1. The van der Waals surface area contributed by atoms with Crippen molar-refractivity contribution < 1.29 is 23.5 Å². The average molecular weight is 441 g/mol. The molecule has 12 heteroatoms. The highest BCUT2D eigenvalue weighted by atomic mass is 19.1. The van der Waals surface area contributed by atoms with Gasteiger partial charge in [0.1, 0.15) is 12.0 Å². The zero-order valence-corrected chi connectivity index (χ0v) is 17.1. The molecule has 2 aromatic heterocycles. The number of anilines is 1. The highest BCUT2D eigenvalue weighted by molar-refractivity contribution is 6.10. The van der Waals surface area contributed by atoms with E-state index in [9.17, 15) is 9.18 Å². The number of tetrazole rings is 1. The number of ether oxygens (including phenoxy) is 2. The molecule has 11 nitrogen and oxygen atoms in total. The van der Waals surface area contributed by atoms with Crippen LogP contribution in [0.3, 0.4) is 0 Å². The van der Waals surface area contributed by atoms with E-state index < -0.39 is 18.4 Å². The zero-order valence-electron chi connectivity index (χ0n) is 17.1. The third kappa shape index (κ3) is 5.28. The van der Waals surface area contributed by atoms with Gasteiger partial charge in [-0.2, -0.15) is 0 Å². The first-order chi connectivity index (χ1) is 15.6. The number of rotatable bonds is 7. The standard InChI is InChI=1S/C20H20FN7O4/c1-28-18(24-26-27-28)17(13-6-3-2-4-7-13)25-32-12-15-8-5-9-16(22-15)23-19(29)20-30-10-14(21)11-31-20/h2-9,14,20H,10-12H2,1H3,(H,22,23,29). The smallest absolute Gasteiger partial charge is 0.282 e. The molecule has 0 atom stereocenters. The lowest BCUT2D eigenvalue weighted by Crippen LogP contribution is -2.41. The van der Waals surface area contributed by atoms with E-state index in [1.807, 2.05) is 30.3 Å². The van der Waals surface area contributed by atoms with E-state index in [2.05, 4.69) is 31.0 Å². The maximum absolute atomic E-state index is 13.1. The zero-order chi connectivity index (χ0) is 22.3. The molecule has 3 aromatic rings. The molecule has 1 amide bonds. The molecule has 1 aliphatic heterocycles. The lowest BCUT2D eigenvalue weighted by atomic mass is 10.1. The average Bonchev–Trinajstić information content (AvgIpc) is 3.23. The molecule has 0 unspecified atom stereocenters. The van der Waals surface area contributed by atoms with Crippen molar-refractivity contribution in [2.45, 2.75) is 19.1 Å². The van der Waals surface area contributed by atoms with Crippen LogP contribution in [0.1, 0.15) is 17.1 Å². The summed E-state index contributed by atoms with van der Waals surface area (Å²) in [5.41, 5.74) is 1.76. The van der Waals surface area contributed by atoms with Crippen LogP contribution >= 0.6 is 0 Å². The number of nitrogens with one attached hydrogen (secondary N) is 1. The van der Waals surface area contributed by atoms with Gasteiger partial charge in [0, 0.05) is 12.6 Å². The summed E-state index contributed by atoms with van der Waals surface area (Å²) in [6, 6.07) is 14.4. The molecule has 1 aromatic carbocycles. The maximum Gasteiger partial charge on any atom is 0.282 e. The Morgan fingerprint density at radius 2 is 2.00 bits per heavy atom. The van der Waals surface area contributed by atoms with Crippen LogP contribution in [0.15, 0.2) is 53.7 Å². The number of nitrogens with zero attached hydrogens (tertiary/aromatic N) is 6. The number of aromatic nitrogens is 5. The number of benzene rings is 1. The van der Waals surface area contributed by atoms with Crippen LogP contribution in [0.4, 0.5) is 10.2 Å². The number of hydrogen-bond donors (Lipinski definition) is 1. The molecule has 0 bridgehead atoms. The monoisotopic (exact) mass is 441 g/mol. The largest absolute Gasteiger partial charge is 0.389 e. The second-order valence-corrected chi connectivity index (χ2v) is 6.80. The molecule has 1 aliphatic rings. The lowest BCUT2D eigenvalue weighted by molar-refractivity contribution is -0.201. The van der Waals surface area contributed by atoms with Crippen molar-refractivity contribution in [2.75, 3.05) is 18.5 Å². The number of amides is 1. The molecule has 1 fully saturated rings. The molecule has 1 N–H and O–H groups in total. The fraction of sp³-hybridized carbons (Fsp3) is 0.300. The third-order valence-corrected chi connectivity index (χ3v) is 4.38. The van der Waals surface area contributed by atoms with Gasteiger partial charge in [-0.1, -0.05) is 41.6 Å². The van der Waals surface area contributed by atoms with Gasteiger partial charge in [0.15, 0.2) is 12.3 Å². The van der Waals surface area contributed by atoms with Crippen LogP contribution in [0.25, 0.3) is 0 Å². The fourth-order valence-corrected chi connectivity index (χ4v) is 2.86. The van der Waals surface area contributed by atoms with E-state index >= 15 is 0 Å². The summed E-state index contributed by atoms with van der Waals surface area (Å²) in [6.07, 6.45) is -2.42. The Hall–Kier alpha value is -3.77. The third-order valence-electron chi connectivity index (χ3n) is 4.38. The van der Waals surface area contributed by atoms with Gasteiger partial charge in [0.25, 0.3) is 5.91 Å². The molecule has 4 rings (SSSR count). The van der Waals surface area contributed by atoms with E-state index in [1.54, 1.807) is 25.2 Å². The number of oxime groups is 1. The molecule has 0 spiro atoms. The summed E-state index contributed by atoms with van der Waals surface area (Å²) < 4.78 is 24.6. The van der Waals surface area contributed by atoms with Gasteiger partial charge >= 0.3 is 0 Å². The van der Waals surface area contributed by atoms with Crippen molar-refractivity contribution in [1.29, 1.82) is 0 Å². The Bertz CT molecular complexity index is 1080. The molecule has 0 saturated carbocycles. The molecule has 32 heavy (non-hydrogen) atoms. The van der Waals surface area contributed by atoms with E-state index in [0.717, 1.165) is 5.56 Å². The van der Waals surface area contributed by atoms with Crippen molar-refractivity contribution in [2.24, 2.45) is 12.2 Å². The van der Waals surface area contributed by atoms with Crippen LogP contribution in [0.5, 0.6) is 0 Å². The number of carbonyl (C=O) groups excluding carboxylic acids is 1. The summed E-state index contributed by atoms with van der Waals surface area (Å²) in [5.74, 6) is 0.144. The second kappa shape index (κ2) is 10.0. The molecule has 0 aliphatic carbocycles. The number of pyridine rings is 1. The first-order valence-corrected chi connectivity index (χ1v) is 9.72. The van der Waals surface area contributed by atoms with Gasteiger partial charge in [0.05, 0.1) is 18.9 Å². The predicted molar refractivity (Wildman–Crippen MR) is 109 cm³/mol. The van der Waals surface area contributed by atoms with E-state index in [-0.39, 0.29) is 25.6 Å². The first-order valence-electron chi connectivity index (χ1n) is 9.72. The minimum atomic E-state index is -1.24. The SMILES string of the molecule is Cn1nnnc1C(=NOCc1cccc(NC(=O)C2OCC(F)CO2)n1)c1ccccc1. The summed E-state index contributed by atoms with van der Waals surface area (Å²) in [6.45, 7) is -0.352. The molecule has 166 valence electrons. The lowest BCUT2D eigenvalue weighted by Gasteiger charge is -2.24. The maximum atomic E-state index is 13.1. The second-order valence-electron chi connectivity index (χ2n) is 6.80. The van der Waals surface area contributed by atoms with E-state index in [4.69, 9.17) is 14.3 Å². The summed E-state index contributed by atoms with van der Waals surface area (Å²) >= 11 is 0. The minimum Gasteiger partial charge on any atom is -0.389 e. The number of carbonyl (C=O) groups is 1. The highest BCUT2D eigenvalue weighted by Crippen LogP contribution is 2.13. The van der Waals surface area contributed by atoms with Gasteiger partial charge in [-0.05, 0) is 22.6 Å². The van der Waals surface area contributed by atoms with Crippen molar-refractivity contribution in [1.82, 2.24) is 25.2 Å². The minimum absolute atomic E-state index is 0.0330. The Morgan fingerprint density at radius 1 is 1.22 bits per heavy atom. The topological polar surface area (TPSA) is 126 Å². The number of hydrogen-bond acceptors (Lipinski definition) is 9. The number of halogens is 1. The van der Waals surface area contributed by atoms with Gasteiger partial charge < -0.3 is 19.6 Å². The summed E-state index contributed by atoms with van der Waals surface area (Å²) in [5, 5.41) is 18.3. The predicted octanol–water partition coefficient (Wildman–Crippen LogP) is 1.22. The Kier molecular flexibility index (Phi) is 6.72. The van der Waals surface area contributed by atoms with Gasteiger partial charge in [0.2, 0.25) is 12.1 Å². The Labute approximate surface area is 182 Å². The van der Waals surface area contributed by atoms with Crippen molar-refractivity contribution >= 4 is 17.4 Å². The molecular weight excluding hydrogens is 421 g/mol. The Morgan fingerprint density at radius 3 is 2.72 bits per heavy atom. The molecule has 0 radical (unpaired) electrons. The van der Waals surface area contributed by atoms with Crippen LogP contribution in [0.2, 0.25) is 0 Å². The summed E-state index contributed by atoms with van der Waals surface area (Å²) in [7, 11) is 1.70. The summed E-state index contributed by atoms with van der Waals surface area (Å²) in [4.78, 5) is 22.0. The van der Waals surface area contributed by atoms with Crippen LogP contribution in [-0.4, -0.2) is 62.5 Å². The molecule has 3 heterocycles. The van der Waals surface area contributed by atoms with Gasteiger partial charge in [-0.25, -0.2) is 14.1 Å². The van der Waals surface area contributed by atoms with Crippen molar-refractivity contribution in [3.63, 3.8) is 0 Å². The van der Waals surface area contributed by atoms with Gasteiger partial charge in [-0.15, -0.1) is 5.10 Å². The quantitative estimate of drug-likeness (QED) is 0.429. The Balaban J connectivity index is 1.42. The van der Waals surface area contributed by atoms with Gasteiger partial charge in [-0.3, -0.25) is 4.79 Å². The van der Waals surface area contributed by atoms with Crippen molar-refractivity contribution in [3.05, 3.63) is 65.6 Å².